The third kappa shape index (κ3) is 3.20. The number of hydrogen-bond acceptors (Lipinski definition) is 3. The van der Waals surface area contributed by atoms with Crippen molar-refractivity contribution >= 4 is 6.09 Å². The standard InChI is InChI=1S/C13H18N2O3/c1-8-5-10(6-9(2)14-8)7-12-11(3-4-18-12)15-13(16)17/h5-6,11-12,15H,3-4,7H2,1-2H3,(H,16,17)/t11-,12?/m1/s1. The van der Waals surface area contributed by atoms with Crippen LogP contribution in [0.4, 0.5) is 4.79 Å². The smallest absolute Gasteiger partial charge is 0.404 e. The van der Waals surface area contributed by atoms with Gasteiger partial charge in [0.15, 0.2) is 0 Å². The number of aryl methyl sites for hydroxylation is 2. The van der Waals surface area contributed by atoms with Gasteiger partial charge in [0, 0.05) is 24.4 Å². The Hall–Kier alpha value is -1.62. The third-order valence-corrected chi connectivity index (χ3v) is 3.10. The first-order chi connectivity index (χ1) is 8.54. The molecule has 1 amide bonds. The molecule has 5 heteroatoms. The normalized spacial score (nSPS) is 23.0. The molecule has 0 aliphatic carbocycles. The summed E-state index contributed by atoms with van der Waals surface area (Å²) in [7, 11) is 0. The van der Waals surface area contributed by atoms with Gasteiger partial charge in [0.25, 0.3) is 0 Å². The molecule has 1 aromatic rings. The van der Waals surface area contributed by atoms with Crippen molar-refractivity contribution < 1.29 is 14.6 Å². The van der Waals surface area contributed by atoms with Gasteiger partial charge in [0.1, 0.15) is 0 Å². The highest BCUT2D eigenvalue weighted by Gasteiger charge is 2.29. The molecule has 1 aliphatic rings. The van der Waals surface area contributed by atoms with Gasteiger partial charge in [-0.1, -0.05) is 0 Å². The number of nitrogens with one attached hydrogen (secondary N) is 1. The minimum atomic E-state index is -0.988. The van der Waals surface area contributed by atoms with Gasteiger partial charge in [-0.15, -0.1) is 0 Å². The number of ether oxygens (including phenoxy) is 1. The molecule has 5 nitrogen and oxygen atoms in total. The quantitative estimate of drug-likeness (QED) is 0.856. The fourth-order valence-corrected chi connectivity index (χ4v) is 2.44. The lowest BCUT2D eigenvalue weighted by molar-refractivity contribution is 0.0970. The summed E-state index contributed by atoms with van der Waals surface area (Å²) in [6.45, 7) is 4.52. The molecule has 18 heavy (non-hydrogen) atoms. The van der Waals surface area contributed by atoms with Gasteiger partial charge in [0.05, 0.1) is 12.1 Å². The van der Waals surface area contributed by atoms with Crippen LogP contribution in [0.3, 0.4) is 0 Å². The first-order valence-corrected chi connectivity index (χ1v) is 6.10. The maximum atomic E-state index is 10.7. The zero-order chi connectivity index (χ0) is 13.1. The number of rotatable bonds is 3. The van der Waals surface area contributed by atoms with Crippen LogP contribution in [-0.4, -0.2) is 34.9 Å². The zero-order valence-corrected chi connectivity index (χ0v) is 10.6. The van der Waals surface area contributed by atoms with E-state index >= 15 is 0 Å². The molecule has 0 spiro atoms. The largest absolute Gasteiger partial charge is 0.465 e. The van der Waals surface area contributed by atoms with Crippen molar-refractivity contribution in [3.05, 3.63) is 29.1 Å². The number of pyridine rings is 1. The van der Waals surface area contributed by atoms with E-state index in [0.717, 1.165) is 29.8 Å². The van der Waals surface area contributed by atoms with Crippen LogP contribution in [0.25, 0.3) is 0 Å². The van der Waals surface area contributed by atoms with E-state index in [0.29, 0.717) is 6.61 Å². The zero-order valence-electron chi connectivity index (χ0n) is 10.6. The second-order valence-corrected chi connectivity index (χ2v) is 4.72. The maximum absolute atomic E-state index is 10.7. The Bertz CT molecular complexity index is 428. The van der Waals surface area contributed by atoms with E-state index in [4.69, 9.17) is 9.84 Å². The van der Waals surface area contributed by atoms with Crippen LogP contribution >= 0.6 is 0 Å². The summed E-state index contributed by atoms with van der Waals surface area (Å²) in [4.78, 5) is 15.0. The van der Waals surface area contributed by atoms with Crippen LogP contribution in [0.5, 0.6) is 0 Å². The van der Waals surface area contributed by atoms with E-state index in [1.807, 2.05) is 26.0 Å². The van der Waals surface area contributed by atoms with E-state index < -0.39 is 6.09 Å². The summed E-state index contributed by atoms with van der Waals surface area (Å²) in [5.74, 6) is 0. The summed E-state index contributed by atoms with van der Waals surface area (Å²) in [5, 5.41) is 11.3. The molecule has 0 saturated carbocycles. The van der Waals surface area contributed by atoms with Crippen LogP contribution in [0, 0.1) is 13.8 Å². The molecule has 1 fully saturated rings. The highest BCUT2D eigenvalue weighted by atomic mass is 16.5. The fraction of sp³-hybridized carbons (Fsp3) is 0.538. The van der Waals surface area contributed by atoms with Gasteiger partial charge >= 0.3 is 6.09 Å². The Labute approximate surface area is 106 Å². The minimum absolute atomic E-state index is 0.0812. The molecule has 1 aromatic heterocycles. The van der Waals surface area contributed by atoms with Crippen LogP contribution in [-0.2, 0) is 11.2 Å². The van der Waals surface area contributed by atoms with Crippen LogP contribution < -0.4 is 5.32 Å². The summed E-state index contributed by atoms with van der Waals surface area (Å²) < 4.78 is 5.60. The first kappa shape index (κ1) is 12.8. The highest BCUT2D eigenvalue weighted by molar-refractivity contribution is 5.65. The molecule has 2 rings (SSSR count). The van der Waals surface area contributed by atoms with Crippen LogP contribution in [0.1, 0.15) is 23.4 Å². The Morgan fingerprint density at radius 2 is 2.17 bits per heavy atom. The number of amides is 1. The molecule has 1 unspecified atom stereocenters. The van der Waals surface area contributed by atoms with Crippen molar-refractivity contribution in [2.75, 3.05) is 6.61 Å². The van der Waals surface area contributed by atoms with E-state index in [2.05, 4.69) is 10.3 Å². The topological polar surface area (TPSA) is 71.5 Å². The second kappa shape index (κ2) is 5.35. The monoisotopic (exact) mass is 250 g/mol. The SMILES string of the molecule is Cc1cc(CC2OCC[C@H]2NC(=O)O)cc(C)n1. The number of aromatic nitrogens is 1. The van der Waals surface area contributed by atoms with Crippen molar-refractivity contribution in [2.45, 2.75) is 38.8 Å². The summed E-state index contributed by atoms with van der Waals surface area (Å²) in [6, 6.07) is 3.93. The highest BCUT2D eigenvalue weighted by Crippen LogP contribution is 2.19. The van der Waals surface area contributed by atoms with E-state index in [9.17, 15) is 4.79 Å². The average molecular weight is 250 g/mol. The number of carbonyl (C=O) groups is 1. The summed E-state index contributed by atoms with van der Waals surface area (Å²) >= 11 is 0. The first-order valence-electron chi connectivity index (χ1n) is 6.10. The lowest BCUT2D eigenvalue weighted by Gasteiger charge is -2.18. The minimum Gasteiger partial charge on any atom is -0.465 e. The summed E-state index contributed by atoms with van der Waals surface area (Å²) in [5.41, 5.74) is 3.10. The Morgan fingerprint density at radius 1 is 1.50 bits per heavy atom. The van der Waals surface area contributed by atoms with Crippen molar-refractivity contribution in [1.29, 1.82) is 0 Å². The maximum Gasteiger partial charge on any atom is 0.404 e. The van der Waals surface area contributed by atoms with Crippen molar-refractivity contribution in [3.8, 4) is 0 Å². The Morgan fingerprint density at radius 3 is 2.78 bits per heavy atom. The molecule has 2 N–H and O–H groups in total. The third-order valence-electron chi connectivity index (χ3n) is 3.10. The number of hydrogen-bond donors (Lipinski definition) is 2. The molecule has 2 heterocycles. The molecule has 98 valence electrons. The van der Waals surface area contributed by atoms with E-state index in [-0.39, 0.29) is 12.1 Å². The van der Waals surface area contributed by atoms with Gasteiger partial charge in [-0.05, 0) is 38.0 Å². The van der Waals surface area contributed by atoms with Gasteiger partial charge in [-0.2, -0.15) is 0 Å². The number of nitrogens with zero attached hydrogens (tertiary/aromatic N) is 1. The van der Waals surface area contributed by atoms with Crippen LogP contribution in [0.15, 0.2) is 12.1 Å². The van der Waals surface area contributed by atoms with Gasteiger partial charge in [-0.25, -0.2) is 4.79 Å². The number of carboxylic acid groups (broad SMARTS) is 1. The molecular weight excluding hydrogens is 232 g/mol. The van der Waals surface area contributed by atoms with Gasteiger partial charge in [0.2, 0.25) is 0 Å². The van der Waals surface area contributed by atoms with Crippen molar-refractivity contribution in [1.82, 2.24) is 10.3 Å². The van der Waals surface area contributed by atoms with Crippen molar-refractivity contribution in [2.24, 2.45) is 0 Å². The molecular formula is C13H18N2O3. The van der Waals surface area contributed by atoms with Gasteiger partial charge in [-0.3, -0.25) is 4.98 Å². The van der Waals surface area contributed by atoms with E-state index in [1.165, 1.54) is 0 Å². The predicted octanol–water partition coefficient (Wildman–Crippen LogP) is 1.67. The average Bonchev–Trinajstić information content (AvgIpc) is 2.63. The lowest BCUT2D eigenvalue weighted by atomic mass is 10.0. The molecule has 0 bridgehead atoms. The summed E-state index contributed by atoms with van der Waals surface area (Å²) in [6.07, 6.45) is 0.384. The molecule has 1 aliphatic heterocycles. The van der Waals surface area contributed by atoms with Gasteiger partial charge < -0.3 is 15.2 Å². The Kier molecular flexibility index (Phi) is 3.81. The molecule has 0 radical (unpaired) electrons. The van der Waals surface area contributed by atoms with Crippen molar-refractivity contribution in [3.63, 3.8) is 0 Å². The fourth-order valence-electron chi connectivity index (χ4n) is 2.44. The molecule has 1 saturated heterocycles. The molecule has 0 aromatic carbocycles. The Balaban J connectivity index is 2.05. The lowest BCUT2D eigenvalue weighted by Crippen LogP contribution is -2.40. The van der Waals surface area contributed by atoms with E-state index in [1.54, 1.807) is 0 Å². The predicted molar refractivity (Wildman–Crippen MR) is 66.7 cm³/mol. The van der Waals surface area contributed by atoms with Crippen LogP contribution in [0.2, 0.25) is 0 Å². The molecule has 2 atom stereocenters. The second-order valence-electron chi connectivity index (χ2n) is 4.72.